The van der Waals surface area contributed by atoms with Gasteiger partial charge in [-0.05, 0) is 39.2 Å². The van der Waals surface area contributed by atoms with Gasteiger partial charge in [0.2, 0.25) is 0 Å². The molecule has 0 spiro atoms. The SMILES string of the molecule is CCc1cc(NCCCNC2CC2)nc(C)n1. The Kier molecular flexibility index (Phi) is 4.31. The van der Waals surface area contributed by atoms with Crippen LogP contribution in [-0.2, 0) is 6.42 Å². The van der Waals surface area contributed by atoms with Crippen molar-refractivity contribution < 1.29 is 0 Å². The van der Waals surface area contributed by atoms with E-state index >= 15 is 0 Å². The van der Waals surface area contributed by atoms with E-state index in [2.05, 4.69) is 27.5 Å². The van der Waals surface area contributed by atoms with Crippen molar-refractivity contribution in [2.45, 2.75) is 45.6 Å². The maximum atomic E-state index is 4.38. The summed E-state index contributed by atoms with van der Waals surface area (Å²) in [7, 11) is 0. The minimum absolute atomic E-state index is 0.808. The van der Waals surface area contributed by atoms with Crippen LogP contribution in [-0.4, -0.2) is 29.1 Å². The summed E-state index contributed by atoms with van der Waals surface area (Å²) in [5.74, 6) is 1.81. The third-order valence-electron chi connectivity index (χ3n) is 2.92. The normalized spacial score (nSPS) is 14.9. The monoisotopic (exact) mass is 234 g/mol. The van der Waals surface area contributed by atoms with E-state index in [0.717, 1.165) is 49.3 Å². The van der Waals surface area contributed by atoms with Gasteiger partial charge in [0, 0.05) is 24.3 Å². The van der Waals surface area contributed by atoms with Crippen LogP contribution in [0, 0.1) is 6.92 Å². The summed E-state index contributed by atoms with van der Waals surface area (Å²) in [4.78, 5) is 8.75. The minimum atomic E-state index is 0.808. The second kappa shape index (κ2) is 5.96. The molecule has 2 N–H and O–H groups in total. The zero-order valence-electron chi connectivity index (χ0n) is 10.8. The summed E-state index contributed by atoms with van der Waals surface area (Å²) < 4.78 is 0. The molecule has 17 heavy (non-hydrogen) atoms. The number of rotatable bonds is 7. The highest BCUT2D eigenvalue weighted by Gasteiger charge is 2.19. The molecule has 1 heterocycles. The van der Waals surface area contributed by atoms with E-state index in [1.54, 1.807) is 0 Å². The van der Waals surface area contributed by atoms with Crippen LogP contribution in [0.25, 0.3) is 0 Å². The van der Waals surface area contributed by atoms with Crippen molar-refractivity contribution in [3.63, 3.8) is 0 Å². The fraction of sp³-hybridized carbons (Fsp3) is 0.692. The van der Waals surface area contributed by atoms with Crippen molar-refractivity contribution >= 4 is 5.82 Å². The van der Waals surface area contributed by atoms with Crippen molar-refractivity contribution in [1.29, 1.82) is 0 Å². The highest BCUT2D eigenvalue weighted by atomic mass is 15.0. The molecule has 1 aromatic rings. The average molecular weight is 234 g/mol. The number of nitrogens with zero attached hydrogens (tertiary/aromatic N) is 2. The Morgan fingerprint density at radius 3 is 2.82 bits per heavy atom. The highest BCUT2D eigenvalue weighted by Crippen LogP contribution is 2.18. The molecule has 0 unspecified atom stereocenters. The summed E-state index contributed by atoms with van der Waals surface area (Å²) >= 11 is 0. The van der Waals surface area contributed by atoms with Crippen LogP contribution in [0.3, 0.4) is 0 Å². The minimum Gasteiger partial charge on any atom is -0.370 e. The standard InChI is InChI=1S/C13H22N4/c1-3-11-9-13(17-10(2)16-11)15-8-4-7-14-12-5-6-12/h9,12,14H,3-8H2,1-2H3,(H,15,16,17). The van der Waals surface area contributed by atoms with E-state index in [4.69, 9.17) is 0 Å². The molecule has 4 heteroatoms. The zero-order valence-corrected chi connectivity index (χ0v) is 10.8. The summed E-state index contributed by atoms with van der Waals surface area (Å²) in [6, 6.07) is 2.85. The molecule has 0 amide bonds. The molecule has 2 rings (SSSR count). The molecule has 0 radical (unpaired) electrons. The number of nitrogens with one attached hydrogen (secondary N) is 2. The second-order valence-electron chi connectivity index (χ2n) is 4.65. The number of aryl methyl sites for hydroxylation is 2. The van der Waals surface area contributed by atoms with Gasteiger partial charge < -0.3 is 10.6 Å². The van der Waals surface area contributed by atoms with Crippen molar-refractivity contribution in [3.05, 3.63) is 17.6 Å². The molecular weight excluding hydrogens is 212 g/mol. The smallest absolute Gasteiger partial charge is 0.129 e. The first kappa shape index (κ1) is 12.3. The Morgan fingerprint density at radius 2 is 2.12 bits per heavy atom. The van der Waals surface area contributed by atoms with Crippen LogP contribution in [0.4, 0.5) is 5.82 Å². The molecular formula is C13H22N4. The molecule has 1 aliphatic carbocycles. The van der Waals surface area contributed by atoms with Gasteiger partial charge in [-0.2, -0.15) is 0 Å². The second-order valence-corrected chi connectivity index (χ2v) is 4.65. The predicted molar refractivity (Wildman–Crippen MR) is 70.3 cm³/mol. The number of aromatic nitrogens is 2. The van der Waals surface area contributed by atoms with Gasteiger partial charge in [0.25, 0.3) is 0 Å². The number of hydrogen-bond acceptors (Lipinski definition) is 4. The van der Waals surface area contributed by atoms with Gasteiger partial charge in [0.05, 0.1) is 0 Å². The first-order valence-electron chi connectivity index (χ1n) is 6.59. The topological polar surface area (TPSA) is 49.8 Å². The van der Waals surface area contributed by atoms with E-state index in [9.17, 15) is 0 Å². The van der Waals surface area contributed by atoms with Crippen LogP contribution in [0.1, 0.15) is 37.7 Å². The van der Waals surface area contributed by atoms with Gasteiger partial charge in [-0.15, -0.1) is 0 Å². The maximum Gasteiger partial charge on any atom is 0.129 e. The summed E-state index contributed by atoms with van der Waals surface area (Å²) in [6.07, 6.45) is 4.82. The molecule has 0 aliphatic heterocycles. The lowest BCUT2D eigenvalue weighted by Crippen LogP contribution is -2.20. The molecule has 0 bridgehead atoms. The Labute approximate surface area is 103 Å². The maximum absolute atomic E-state index is 4.38. The third kappa shape index (κ3) is 4.30. The van der Waals surface area contributed by atoms with Gasteiger partial charge in [-0.25, -0.2) is 9.97 Å². The van der Waals surface area contributed by atoms with Crippen molar-refractivity contribution in [2.75, 3.05) is 18.4 Å². The van der Waals surface area contributed by atoms with Crippen LogP contribution >= 0.6 is 0 Å². The predicted octanol–water partition coefficient (Wildman–Crippen LogP) is 1.90. The lowest BCUT2D eigenvalue weighted by molar-refractivity contribution is 0.658. The van der Waals surface area contributed by atoms with Gasteiger partial charge in [0.1, 0.15) is 11.6 Å². The molecule has 94 valence electrons. The Hall–Kier alpha value is -1.16. The summed E-state index contributed by atoms with van der Waals surface area (Å²) in [5.41, 5.74) is 1.11. The van der Waals surface area contributed by atoms with E-state index < -0.39 is 0 Å². The first-order chi connectivity index (χ1) is 8.28. The number of hydrogen-bond donors (Lipinski definition) is 2. The molecule has 1 aromatic heterocycles. The summed E-state index contributed by atoms with van der Waals surface area (Å²) in [6.45, 7) is 6.13. The van der Waals surface area contributed by atoms with Crippen LogP contribution < -0.4 is 10.6 Å². The Bertz CT molecular complexity index is 360. The fourth-order valence-electron chi connectivity index (χ4n) is 1.80. The molecule has 1 aliphatic rings. The number of anilines is 1. The Balaban J connectivity index is 1.71. The van der Waals surface area contributed by atoms with Gasteiger partial charge in [-0.1, -0.05) is 6.92 Å². The van der Waals surface area contributed by atoms with Crippen LogP contribution in [0.5, 0.6) is 0 Å². The fourth-order valence-corrected chi connectivity index (χ4v) is 1.80. The van der Waals surface area contributed by atoms with E-state index in [1.807, 2.05) is 13.0 Å². The van der Waals surface area contributed by atoms with Gasteiger partial charge >= 0.3 is 0 Å². The molecule has 1 fully saturated rings. The zero-order chi connectivity index (χ0) is 12.1. The van der Waals surface area contributed by atoms with Crippen molar-refractivity contribution in [3.8, 4) is 0 Å². The average Bonchev–Trinajstić information content (AvgIpc) is 3.12. The largest absolute Gasteiger partial charge is 0.370 e. The van der Waals surface area contributed by atoms with Gasteiger partial charge in [0.15, 0.2) is 0 Å². The quantitative estimate of drug-likeness (QED) is 0.708. The van der Waals surface area contributed by atoms with E-state index in [1.165, 1.54) is 12.8 Å². The van der Waals surface area contributed by atoms with E-state index in [-0.39, 0.29) is 0 Å². The third-order valence-corrected chi connectivity index (χ3v) is 2.92. The summed E-state index contributed by atoms with van der Waals surface area (Å²) in [5, 5.41) is 6.87. The Morgan fingerprint density at radius 1 is 1.29 bits per heavy atom. The molecule has 0 saturated heterocycles. The molecule has 1 saturated carbocycles. The van der Waals surface area contributed by atoms with Gasteiger partial charge in [-0.3, -0.25) is 0 Å². The lowest BCUT2D eigenvalue weighted by Gasteiger charge is -2.08. The highest BCUT2D eigenvalue weighted by molar-refractivity contribution is 5.35. The first-order valence-corrected chi connectivity index (χ1v) is 6.59. The van der Waals surface area contributed by atoms with Crippen molar-refractivity contribution in [2.24, 2.45) is 0 Å². The van der Waals surface area contributed by atoms with Crippen LogP contribution in [0.15, 0.2) is 6.07 Å². The van der Waals surface area contributed by atoms with Crippen molar-refractivity contribution in [1.82, 2.24) is 15.3 Å². The van der Waals surface area contributed by atoms with Crippen LogP contribution in [0.2, 0.25) is 0 Å². The molecule has 0 aromatic carbocycles. The van der Waals surface area contributed by atoms with E-state index in [0.29, 0.717) is 0 Å². The molecule has 0 atom stereocenters. The molecule has 4 nitrogen and oxygen atoms in total. The lowest BCUT2D eigenvalue weighted by atomic mass is 10.3.